The van der Waals surface area contributed by atoms with Crippen LogP contribution in [0.5, 0.6) is 5.75 Å². The van der Waals surface area contributed by atoms with Crippen LogP contribution in [0, 0.1) is 11.9 Å². The highest BCUT2D eigenvalue weighted by atomic mass is 19.1. The monoisotopic (exact) mass is 458 g/mol. The van der Waals surface area contributed by atoms with Crippen molar-refractivity contribution in [3.63, 3.8) is 0 Å². The Labute approximate surface area is 186 Å². The molecule has 0 radical (unpaired) electrons. The van der Waals surface area contributed by atoms with Crippen LogP contribution < -0.4 is 10.9 Å². The molecular weight excluding hydrogens is 438 g/mol. The lowest BCUT2D eigenvalue weighted by atomic mass is 10.0. The van der Waals surface area contributed by atoms with E-state index in [2.05, 4.69) is 15.4 Å². The first-order valence-corrected chi connectivity index (χ1v) is 9.83. The van der Waals surface area contributed by atoms with Gasteiger partial charge in [-0.3, -0.25) is 14.4 Å². The summed E-state index contributed by atoms with van der Waals surface area (Å²) in [5, 5.41) is 25.4. The van der Waals surface area contributed by atoms with Gasteiger partial charge in [0.1, 0.15) is 17.8 Å². The quantitative estimate of drug-likeness (QED) is 0.463. The molecule has 0 unspecified atom stereocenters. The molecule has 0 spiro atoms. The fourth-order valence-electron chi connectivity index (χ4n) is 3.13. The summed E-state index contributed by atoms with van der Waals surface area (Å²) in [5.41, 5.74) is -0.0287. The predicted octanol–water partition coefficient (Wildman–Crippen LogP) is 2.28. The molecule has 0 bridgehead atoms. The van der Waals surface area contributed by atoms with E-state index in [0.717, 1.165) is 16.8 Å². The van der Waals surface area contributed by atoms with Gasteiger partial charge in [0, 0.05) is 18.1 Å². The number of rotatable bonds is 7. The van der Waals surface area contributed by atoms with Crippen LogP contribution in [0.25, 0.3) is 11.1 Å². The highest BCUT2D eigenvalue weighted by Crippen LogP contribution is 2.25. The van der Waals surface area contributed by atoms with Gasteiger partial charge in [-0.25, -0.2) is 4.68 Å². The standard InChI is InChI=1S/C22H20F2N4O5/c1-11(2)19-20(31)18(21(32)25-9-17(29)30)22(33)28(27-19)10-12-3-5-13(6-4-12)14-7-15(23)26-16(24)8-14/h3-8,11,31H,9-10H2,1-2H3,(H,25,32)(H,29,30). The smallest absolute Gasteiger partial charge is 0.322 e. The molecule has 172 valence electrons. The van der Waals surface area contributed by atoms with Crippen LogP contribution in [-0.2, 0) is 11.3 Å². The topological polar surface area (TPSA) is 134 Å². The number of carboxylic acid groups (broad SMARTS) is 1. The molecule has 1 aromatic carbocycles. The number of carboxylic acids is 1. The van der Waals surface area contributed by atoms with Crippen molar-refractivity contribution in [3.8, 4) is 16.9 Å². The number of aromatic hydroxyl groups is 1. The van der Waals surface area contributed by atoms with Crippen LogP contribution in [0.15, 0.2) is 41.2 Å². The Kier molecular flexibility index (Phi) is 6.80. The summed E-state index contributed by atoms with van der Waals surface area (Å²) in [4.78, 5) is 39.0. The molecule has 9 nitrogen and oxygen atoms in total. The van der Waals surface area contributed by atoms with E-state index >= 15 is 0 Å². The van der Waals surface area contributed by atoms with E-state index in [0.29, 0.717) is 11.1 Å². The third-order valence-corrected chi connectivity index (χ3v) is 4.71. The first kappa shape index (κ1) is 23.5. The molecule has 2 aromatic heterocycles. The molecular formula is C22H20F2N4O5. The van der Waals surface area contributed by atoms with E-state index in [1.807, 2.05) is 0 Å². The minimum atomic E-state index is -1.31. The molecule has 3 aromatic rings. The second kappa shape index (κ2) is 9.55. The summed E-state index contributed by atoms with van der Waals surface area (Å²) < 4.78 is 27.8. The zero-order valence-corrected chi connectivity index (χ0v) is 17.7. The number of pyridine rings is 1. The number of hydrogen-bond acceptors (Lipinski definition) is 6. The number of amides is 1. The number of aliphatic carboxylic acids is 1. The molecule has 0 fully saturated rings. The van der Waals surface area contributed by atoms with Crippen LogP contribution in [0.4, 0.5) is 8.78 Å². The number of aromatic nitrogens is 3. The summed E-state index contributed by atoms with van der Waals surface area (Å²) in [6.07, 6.45) is 0. The van der Waals surface area contributed by atoms with Crippen molar-refractivity contribution in [2.24, 2.45) is 0 Å². The summed E-state index contributed by atoms with van der Waals surface area (Å²) in [6, 6.07) is 8.59. The van der Waals surface area contributed by atoms with Gasteiger partial charge in [-0.1, -0.05) is 38.1 Å². The van der Waals surface area contributed by atoms with E-state index in [-0.39, 0.29) is 23.7 Å². The van der Waals surface area contributed by atoms with Gasteiger partial charge in [-0.15, -0.1) is 0 Å². The van der Waals surface area contributed by atoms with Gasteiger partial charge in [0.05, 0.1) is 6.54 Å². The Morgan fingerprint density at radius 2 is 1.70 bits per heavy atom. The summed E-state index contributed by atoms with van der Waals surface area (Å²) in [7, 11) is 0. The lowest BCUT2D eigenvalue weighted by Crippen LogP contribution is -2.37. The number of carbonyl (C=O) groups excluding carboxylic acids is 1. The third kappa shape index (κ3) is 5.37. The van der Waals surface area contributed by atoms with Crippen molar-refractivity contribution >= 4 is 11.9 Å². The summed E-state index contributed by atoms with van der Waals surface area (Å²) >= 11 is 0. The zero-order chi connectivity index (χ0) is 24.3. The molecule has 0 saturated heterocycles. The van der Waals surface area contributed by atoms with Crippen LogP contribution in [-0.4, -0.2) is 43.4 Å². The van der Waals surface area contributed by atoms with E-state index < -0.39 is 47.2 Å². The maximum absolute atomic E-state index is 13.4. The average molecular weight is 458 g/mol. The van der Waals surface area contributed by atoms with Crippen LogP contribution in [0.2, 0.25) is 0 Å². The molecule has 0 saturated carbocycles. The molecule has 3 rings (SSSR count). The largest absolute Gasteiger partial charge is 0.505 e. The second-order valence-electron chi connectivity index (χ2n) is 7.50. The Bertz CT molecular complexity index is 1250. The van der Waals surface area contributed by atoms with Gasteiger partial charge in [0.15, 0.2) is 5.75 Å². The first-order valence-electron chi connectivity index (χ1n) is 9.83. The maximum Gasteiger partial charge on any atom is 0.322 e. The van der Waals surface area contributed by atoms with Crippen molar-refractivity contribution in [3.05, 3.63) is 75.5 Å². The average Bonchev–Trinajstić information content (AvgIpc) is 2.74. The third-order valence-electron chi connectivity index (χ3n) is 4.71. The molecule has 0 aliphatic heterocycles. The second-order valence-corrected chi connectivity index (χ2v) is 7.50. The Morgan fingerprint density at radius 3 is 2.24 bits per heavy atom. The number of halogens is 2. The molecule has 0 aliphatic carbocycles. The van der Waals surface area contributed by atoms with Crippen LogP contribution in [0.1, 0.15) is 41.4 Å². The molecule has 3 N–H and O–H groups in total. The maximum atomic E-state index is 13.4. The van der Waals surface area contributed by atoms with E-state index in [1.165, 1.54) is 0 Å². The van der Waals surface area contributed by atoms with Crippen LogP contribution >= 0.6 is 0 Å². The first-order chi connectivity index (χ1) is 15.6. The Hall–Kier alpha value is -4.15. The number of hydrogen-bond donors (Lipinski definition) is 3. The van der Waals surface area contributed by atoms with Gasteiger partial charge >= 0.3 is 5.97 Å². The summed E-state index contributed by atoms with van der Waals surface area (Å²) in [5.74, 6) is -5.20. The van der Waals surface area contributed by atoms with Crippen molar-refractivity contribution in [2.45, 2.75) is 26.3 Å². The Morgan fingerprint density at radius 1 is 1.09 bits per heavy atom. The normalized spacial score (nSPS) is 10.9. The minimum Gasteiger partial charge on any atom is -0.505 e. The van der Waals surface area contributed by atoms with E-state index in [1.54, 1.807) is 38.1 Å². The minimum absolute atomic E-state index is 0.0720. The molecule has 0 atom stereocenters. The van der Waals surface area contributed by atoms with Gasteiger partial charge in [-0.2, -0.15) is 18.9 Å². The van der Waals surface area contributed by atoms with Crippen molar-refractivity contribution in [2.75, 3.05) is 6.54 Å². The number of nitrogens with zero attached hydrogens (tertiary/aromatic N) is 3. The van der Waals surface area contributed by atoms with Gasteiger partial charge < -0.3 is 15.5 Å². The molecule has 2 heterocycles. The van der Waals surface area contributed by atoms with Gasteiger partial charge in [-0.05, 0) is 16.7 Å². The fraction of sp³-hybridized carbons (Fsp3) is 0.227. The van der Waals surface area contributed by atoms with Crippen molar-refractivity contribution < 1.29 is 28.6 Å². The number of carbonyl (C=O) groups is 2. The van der Waals surface area contributed by atoms with Gasteiger partial charge in [0.25, 0.3) is 11.5 Å². The zero-order valence-electron chi connectivity index (χ0n) is 17.7. The number of nitrogens with one attached hydrogen (secondary N) is 1. The highest BCUT2D eigenvalue weighted by molar-refractivity contribution is 5.98. The van der Waals surface area contributed by atoms with Crippen molar-refractivity contribution in [1.29, 1.82) is 0 Å². The molecule has 0 aliphatic rings. The fourth-order valence-corrected chi connectivity index (χ4v) is 3.13. The predicted molar refractivity (Wildman–Crippen MR) is 113 cm³/mol. The van der Waals surface area contributed by atoms with E-state index in [9.17, 15) is 28.3 Å². The van der Waals surface area contributed by atoms with E-state index in [4.69, 9.17) is 5.11 Å². The molecule has 11 heteroatoms. The Balaban J connectivity index is 1.96. The summed E-state index contributed by atoms with van der Waals surface area (Å²) in [6.45, 7) is 2.61. The SMILES string of the molecule is CC(C)c1nn(Cc2ccc(-c3cc(F)nc(F)c3)cc2)c(=O)c(C(=O)NCC(=O)O)c1O. The lowest BCUT2D eigenvalue weighted by molar-refractivity contribution is -0.135. The highest BCUT2D eigenvalue weighted by Gasteiger charge is 2.24. The lowest BCUT2D eigenvalue weighted by Gasteiger charge is -2.15. The van der Waals surface area contributed by atoms with Crippen LogP contribution in [0.3, 0.4) is 0 Å². The molecule has 33 heavy (non-hydrogen) atoms. The van der Waals surface area contributed by atoms with Gasteiger partial charge in [0.2, 0.25) is 11.9 Å². The molecule has 1 amide bonds. The number of benzene rings is 1. The van der Waals surface area contributed by atoms with Crippen molar-refractivity contribution in [1.82, 2.24) is 20.1 Å².